The molecular weight excluding hydrogens is 444 g/mol. The SMILES string of the molecule is COCCOc1cc([N+](=O)[O-])c(C(=O)Nc2ccc(Oc3ccccc3OC)cc2)cc1OC. The molecule has 0 aromatic heterocycles. The van der Waals surface area contributed by atoms with Crippen molar-refractivity contribution in [2.24, 2.45) is 0 Å². The molecule has 0 unspecified atom stereocenters. The van der Waals surface area contributed by atoms with Crippen molar-refractivity contribution < 1.29 is 33.4 Å². The summed E-state index contributed by atoms with van der Waals surface area (Å²) in [4.78, 5) is 23.8. The predicted octanol–water partition coefficient (Wildman–Crippen LogP) is 4.68. The van der Waals surface area contributed by atoms with Gasteiger partial charge in [0.1, 0.15) is 17.9 Å². The van der Waals surface area contributed by atoms with E-state index in [2.05, 4.69) is 5.32 Å². The van der Waals surface area contributed by atoms with Crippen LogP contribution in [0.3, 0.4) is 0 Å². The molecule has 0 heterocycles. The average Bonchev–Trinajstić information content (AvgIpc) is 2.85. The third-order valence-electron chi connectivity index (χ3n) is 4.68. The number of nitro groups is 1. The van der Waals surface area contributed by atoms with E-state index in [1.807, 2.05) is 12.1 Å². The van der Waals surface area contributed by atoms with E-state index in [0.29, 0.717) is 22.9 Å². The Morgan fingerprint density at radius 3 is 2.18 bits per heavy atom. The standard InChI is InChI=1S/C24H24N2O8/c1-30-12-13-33-23-15-19(26(28)29)18(14-22(23)32-3)24(27)25-16-8-10-17(11-9-16)34-21-7-5-4-6-20(21)31-2/h4-11,14-15H,12-13H2,1-3H3,(H,25,27). The number of nitrogens with zero attached hydrogens (tertiary/aromatic N) is 1. The van der Waals surface area contributed by atoms with Crippen molar-refractivity contribution in [3.63, 3.8) is 0 Å². The molecule has 1 N–H and O–H groups in total. The summed E-state index contributed by atoms with van der Waals surface area (Å²) in [6.45, 7) is 0.453. The summed E-state index contributed by atoms with van der Waals surface area (Å²) < 4.78 is 26.7. The van der Waals surface area contributed by atoms with Crippen LogP contribution in [0.2, 0.25) is 0 Å². The summed E-state index contributed by atoms with van der Waals surface area (Å²) in [6, 6.07) is 16.2. The number of nitro benzene ring substituents is 1. The minimum absolute atomic E-state index is 0.139. The van der Waals surface area contributed by atoms with Crippen molar-refractivity contribution in [2.45, 2.75) is 0 Å². The minimum atomic E-state index is -0.674. The number of hydrogen-bond acceptors (Lipinski definition) is 8. The molecule has 0 fully saturated rings. The van der Waals surface area contributed by atoms with Crippen molar-refractivity contribution >= 4 is 17.3 Å². The third-order valence-corrected chi connectivity index (χ3v) is 4.68. The lowest BCUT2D eigenvalue weighted by Gasteiger charge is -2.13. The molecule has 0 spiro atoms. The molecule has 178 valence electrons. The lowest BCUT2D eigenvalue weighted by molar-refractivity contribution is -0.385. The van der Waals surface area contributed by atoms with Crippen LogP contribution in [0.25, 0.3) is 0 Å². The Balaban J connectivity index is 1.78. The van der Waals surface area contributed by atoms with E-state index in [9.17, 15) is 14.9 Å². The number of nitrogens with one attached hydrogen (secondary N) is 1. The highest BCUT2D eigenvalue weighted by molar-refractivity contribution is 6.07. The smallest absolute Gasteiger partial charge is 0.286 e. The lowest BCUT2D eigenvalue weighted by atomic mass is 10.1. The first-order chi connectivity index (χ1) is 16.5. The van der Waals surface area contributed by atoms with E-state index in [1.165, 1.54) is 20.3 Å². The Labute approximate surface area is 196 Å². The van der Waals surface area contributed by atoms with Gasteiger partial charge in [-0.15, -0.1) is 0 Å². The van der Waals surface area contributed by atoms with E-state index >= 15 is 0 Å². The Kier molecular flexibility index (Phi) is 8.25. The van der Waals surface area contributed by atoms with Crippen LogP contribution in [-0.4, -0.2) is 45.4 Å². The zero-order valence-corrected chi connectivity index (χ0v) is 18.9. The van der Waals surface area contributed by atoms with Gasteiger partial charge in [-0.1, -0.05) is 12.1 Å². The maximum Gasteiger partial charge on any atom is 0.286 e. The quantitative estimate of drug-likeness (QED) is 0.245. The third kappa shape index (κ3) is 5.93. The van der Waals surface area contributed by atoms with Crippen molar-refractivity contribution in [1.29, 1.82) is 0 Å². The molecule has 1 amide bonds. The zero-order valence-electron chi connectivity index (χ0n) is 18.9. The van der Waals surface area contributed by atoms with Gasteiger partial charge in [0, 0.05) is 18.9 Å². The number of ether oxygens (including phenoxy) is 5. The fourth-order valence-electron chi connectivity index (χ4n) is 3.02. The molecule has 3 aromatic rings. The molecule has 0 saturated heterocycles. The van der Waals surface area contributed by atoms with Crippen LogP contribution >= 0.6 is 0 Å². The van der Waals surface area contributed by atoms with Crippen LogP contribution in [0.15, 0.2) is 60.7 Å². The van der Waals surface area contributed by atoms with Crippen LogP contribution in [0.5, 0.6) is 28.7 Å². The first-order valence-corrected chi connectivity index (χ1v) is 10.2. The van der Waals surface area contributed by atoms with E-state index in [4.69, 9.17) is 23.7 Å². The largest absolute Gasteiger partial charge is 0.493 e. The highest BCUT2D eigenvalue weighted by atomic mass is 16.6. The molecule has 0 atom stereocenters. The molecule has 0 saturated carbocycles. The molecule has 10 nitrogen and oxygen atoms in total. The number of rotatable bonds is 11. The van der Waals surface area contributed by atoms with Gasteiger partial charge in [0.2, 0.25) is 0 Å². The maximum atomic E-state index is 12.9. The van der Waals surface area contributed by atoms with Gasteiger partial charge in [-0.25, -0.2) is 0 Å². The fraction of sp³-hybridized carbons (Fsp3) is 0.208. The summed E-state index contributed by atoms with van der Waals surface area (Å²) in [6.07, 6.45) is 0. The Bertz CT molecular complexity index is 1150. The first-order valence-electron chi connectivity index (χ1n) is 10.2. The molecule has 0 aliphatic heterocycles. The van der Waals surface area contributed by atoms with E-state index in [-0.39, 0.29) is 30.3 Å². The van der Waals surface area contributed by atoms with Crippen LogP contribution in [0.4, 0.5) is 11.4 Å². The second-order valence-electron chi connectivity index (χ2n) is 6.85. The lowest BCUT2D eigenvalue weighted by Crippen LogP contribution is -2.15. The molecule has 3 aromatic carbocycles. The number of amides is 1. The number of carbonyl (C=O) groups is 1. The normalized spacial score (nSPS) is 10.3. The monoisotopic (exact) mass is 468 g/mol. The van der Waals surface area contributed by atoms with Crippen LogP contribution < -0.4 is 24.3 Å². The number of hydrogen-bond donors (Lipinski definition) is 1. The molecule has 0 bridgehead atoms. The van der Waals surface area contributed by atoms with Gasteiger partial charge in [-0.2, -0.15) is 0 Å². The number of methoxy groups -OCH3 is 3. The summed E-state index contributed by atoms with van der Waals surface area (Å²) in [5, 5.41) is 14.3. The van der Waals surface area contributed by atoms with Crippen LogP contribution in [-0.2, 0) is 4.74 Å². The maximum absolute atomic E-state index is 12.9. The summed E-state index contributed by atoms with van der Waals surface area (Å²) in [5.74, 6) is 1.29. The molecule has 0 aliphatic carbocycles. The number of para-hydroxylation sites is 2. The molecule has 10 heteroatoms. The van der Waals surface area contributed by atoms with Crippen LogP contribution in [0, 0.1) is 10.1 Å². The minimum Gasteiger partial charge on any atom is -0.493 e. The second-order valence-corrected chi connectivity index (χ2v) is 6.85. The summed E-state index contributed by atoms with van der Waals surface area (Å²) >= 11 is 0. The van der Waals surface area contributed by atoms with Gasteiger partial charge in [0.25, 0.3) is 11.6 Å². The Morgan fingerprint density at radius 2 is 1.56 bits per heavy atom. The van der Waals surface area contributed by atoms with E-state index in [1.54, 1.807) is 43.5 Å². The number of anilines is 1. The highest BCUT2D eigenvalue weighted by Gasteiger charge is 2.25. The topological polar surface area (TPSA) is 118 Å². The predicted molar refractivity (Wildman–Crippen MR) is 124 cm³/mol. The van der Waals surface area contributed by atoms with Crippen molar-refractivity contribution in [1.82, 2.24) is 0 Å². The highest BCUT2D eigenvalue weighted by Crippen LogP contribution is 2.35. The van der Waals surface area contributed by atoms with Gasteiger partial charge < -0.3 is 29.0 Å². The second kappa shape index (κ2) is 11.5. The summed E-state index contributed by atoms with van der Waals surface area (Å²) in [7, 11) is 4.44. The Morgan fingerprint density at radius 1 is 0.882 bits per heavy atom. The molecular formula is C24H24N2O8. The van der Waals surface area contributed by atoms with Gasteiger partial charge in [0.05, 0.1) is 31.8 Å². The van der Waals surface area contributed by atoms with Crippen molar-refractivity contribution in [3.8, 4) is 28.7 Å². The molecule has 0 aliphatic rings. The number of benzene rings is 3. The fourth-order valence-corrected chi connectivity index (χ4v) is 3.02. The van der Waals surface area contributed by atoms with Gasteiger partial charge in [-0.3, -0.25) is 14.9 Å². The Hall–Kier alpha value is -4.31. The molecule has 0 radical (unpaired) electrons. The molecule has 3 rings (SSSR count). The van der Waals surface area contributed by atoms with Gasteiger partial charge in [-0.05, 0) is 36.4 Å². The number of carbonyl (C=O) groups excluding carboxylic acids is 1. The average molecular weight is 468 g/mol. The van der Waals surface area contributed by atoms with Crippen molar-refractivity contribution in [3.05, 3.63) is 76.3 Å². The van der Waals surface area contributed by atoms with Gasteiger partial charge >= 0.3 is 0 Å². The zero-order chi connectivity index (χ0) is 24.5. The summed E-state index contributed by atoms with van der Waals surface area (Å²) in [5.41, 5.74) is -0.164. The van der Waals surface area contributed by atoms with Gasteiger partial charge in [0.15, 0.2) is 23.0 Å². The van der Waals surface area contributed by atoms with Crippen molar-refractivity contribution in [2.75, 3.05) is 39.9 Å². The first kappa shape index (κ1) is 24.3. The van der Waals surface area contributed by atoms with E-state index in [0.717, 1.165) is 6.07 Å². The van der Waals surface area contributed by atoms with Crippen LogP contribution in [0.1, 0.15) is 10.4 Å². The van der Waals surface area contributed by atoms with E-state index < -0.39 is 16.5 Å². The molecule has 34 heavy (non-hydrogen) atoms.